The van der Waals surface area contributed by atoms with E-state index < -0.39 is 6.36 Å². The minimum Gasteiger partial charge on any atom is -0.406 e. The molecule has 0 amide bonds. The molecule has 0 heterocycles. The maximum absolute atomic E-state index is 12.0. The van der Waals surface area contributed by atoms with Gasteiger partial charge in [-0.3, -0.25) is 0 Å². The molecule has 4 N–H and O–H groups in total. The standard InChI is InChI=1S/C11H15F3N2O/c1-2-3-9(15)8-6-7(4-5-10(8)16)17-11(12,13)14/h4-6,9H,2-3,15-16H2,1H3. The maximum atomic E-state index is 12.0. The van der Waals surface area contributed by atoms with Crippen molar-refractivity contribution in [2.75, 3.05) is 5.73 Å². The lowest BCUT2D eigenvalue weighted by molar-refractivity contribution is -0.274. The van der Waals surface area contributed by atoms with Crippen molar-refractivity contribution < 1.29 is 17.9 Å². The zero-order valence-corrected chi connectivity index (χ0v) is 9.42. The van der Waals surface area contributed by atoms with Crippen molar-refractivity contribution in [3.63, 3.8) is 0 Å². The number of hydrogen-bond donors (Lipinski definition) is 2. The van der Waals surface area contributed by atoms with Gasteiger partial charge in [-0.2, -0.15) is 0 Å². The van der Waals surface area contributed by atoms with Gasteiger partial charge in [-0.1, -0.05) is 13.3 Å². The van der Waals surface area contributed by atoms with Gasteiger partial charge in [-0.05, 0) is 30.2 Å². The highest BCUT2D eigenvalue weighted by Crippen LogP contribution is 2.29. The Hall–Kier alpha value is -1.43. The van der Waals surface area contributed by atoms with Gasteiger partial charge in [-0.25, -0.2) is 0 Å². The smallest absolute Gasteiger partial charge is 0.406 e. The molecular weight excluding hydrogens is 233 g/mol. The molecule has 0 radical (unpaired) electrons. The van der Waals surface area contributed by atoms with Crippen LogP contribution in [-0.4, -0.2) is 6.36 Å². The molecule has 0 spiro atoms. The molecule has 17 heavy (non-hydrogen) atoms. The molecule has 3 nitrogen and oxygen atoms in total. The van der Waals surface area contributed by atoms with Crippen LogP contribution in [0.5, 0.6) is 5.75 Å². The number of hydrogen-bond acceptors (Lipinski definition) is 3. The van der Waals surface area contributed by atoms with E-state index in [0.29, 0.717) is 17.7 Å². The van der Waals surface area contributed by atoms with Gasteiger partial charge in [0, 0.05) is 11.7 Å². The van der Waals surface area contributed by atoms with Gasteiger partial charge < -0.3 is 16.2 Å². The summed E-state index contributed by atoms with van der Waals surface area (Å²) in [6.07, 6.45) is -3.23. The lowest BCUT2D eigenvalue weighted by Crippen LogP contribution is -2.18. The number of ether oxygens (including phenoxy) is 1. The Morgan fingerprint density at radius 3 is 2.53 bits per heavy atom. The molecule has 0 saturated carbocycles. The summed E-state index contributed by atoms with van der Waals surface area (Å²) in [6, 6.07) is 3.40. The predicted octanol–water partition coefficient (Wildman–Crippen LogP) is 2.97. The van der Waals surface area contributed by atoms with E-state index >= 15 is 0 Å². The summed E-state index contributed by atoms with van der Waals surface area (Å²) in [5.74, 6) is -0.298. The number of alkyl halides is 3. The molecule has 0 saturated heterocycles. The quantitative estimate of drug-likeness (QED) is 0.805. The monoisotopic (exact) mass is 248 g/mol. The van der Waals surface area contributed by atoms with Gasteiger partial charge in [0.15, 0.2) is 0 Å². The molecule has 0 fully saturated rings. The van der Waals surface area contributed by atoms with Gasteiger partial charge in [0.05, 0.1) is 0 Å². The lowest BCUT2D eigenvalue weighted by Gasteiger charge is -2.16. The normalized spacial score (nSPS) is 13.5. The van der Waals surface area contributed by atoms with Crippen LogP contribution in [0.4, 0.5) is 18.9 Å². The van der Waals surface area contributed by atoms with Crippen LogP contribution in [0.25, 0.3) is 0 Å². The van der Waals surface area contributed by atoms with Gasteiger partial charge in [0.2, 0.25) is 0 Å². The molecule has 1 aromatic carbocycles. The van der Waals surface area contributed by atoms with Crippen molar-refractivity contribution in [3.8, 4) is 5.75 Å². The average Bonchev–Trinajstić information content (AvgIpc) is 2.19. The molecule has 1 atom stereocenters. The topological polar surface area (TPSA) is 61.3 Å². The first-order valence-corrected chi connectivity index (χ1v) is 5.24. The summed E-state index contributed by atoms with van der Waals surface area (Å²) in [4.78, 5) is 0. The largest absolute Gasteiger partial charge is 0.573 e. The van der Waals surface area contributed by atoms with Crippen LogP contribution in [0.3, 0.4) is 0 Å². The summed E-state index contributed by atoms with van der Waals surface area (Å²) in [5.41, 5.74) is 12.3. The minimum atomic E-state index is -4.71. The second-order valence-corrected chi connectivity index (χ2v) is 3.73. The number of nitrogens with two attached hydrogens (primary N) is 2. The first kappa shape index (κ1) is 13.6. The Balaban J connectivity index is 2.94. The van der Waals surface area contributed by atoms with E-state index in [2.05, 4.69) is 4.74 Å². The second kappa shape index (κ2) is 5.27. The molecule has 96 valence electrons. The Morgan fingerprint density at radius 1 is 1.35 bits per heavy atom. The molecule has 0 aliphatic heterocycles. The van der Waals surface area contributed by atoms with Crippen LogP contribution < -0.4 is 16.2 Å². The third-order valence-electron chi connectivity index (χ3n) is 2.29. The van der Waals surface area contributed by atoms with Gasteiger partial charge in [-0.15, -0.1) is 13.2 Å². The molecule has 1 rings (SSSR count). The van der Waals surface area contributed by atoms with Crippen molar-refractivity contribution >= 4 is 5.69 Å². The fourth-order valence-electron chi connectivity index (χ4n) is 1.54. The molecule has 6 heteroatoms. The van der Waals surface area contributed by atoms with Crippen molar-refractivity contribution in [2.45, 2.75) is 32.2 Å². The molecule has 0 aliphatic rings. The summed E-state index contributed by atoms with van der Waals surface area (Å²) in [6.45, 7) is 1.94. The van der Waals surface area contributed by atoms with Crippen LogP contribution in [0.15, 0.2) is 18.2 Å². The fourth-order valence-corrected chi connectivity index (χ4v) is 1.54. The average molecular weight is 248 g/mol. The van der Waals surface area contributed by atoms with Crippen LogP contribution in [0, 0.1) is 0 Å². The van der Waals surface area contributed by atoms with Gasteiger partial charge >= 0.3 is 6.36 Å². The number of nitrogen functional groups attached to an aromatic ring is 1. The molecule has 0 aliphatic carbocycles. The first-order valence-electron chi connectivity index (χ1n) is 5.24. The Bertz CT molecular complexity index is 379. The Kier molecular flexibility index (Phi) is 4.22. The number of halogens is 3. The minimum absolute atomic E-state index is 0.298. The van der Waals surface area contributed by atoms with E-state index in [4.69, 9.17) is 11.5 Å². The fraction of sp³-hybridized carbons (Fsp3) is 0.455. The van der Waals surface area contributed by atoms with Crippen LogP contribution in [0.1, 0.15) is 31.4 Å². The highest BCUT2D eigenvalue weighted by Gasteiger charge is 2.31. The zero-order chi connectivity index (χ0) is 13.1. The Morgan fingerprint density at radius 2 is 2.00 bits per heavy atom. The first-order chi connectivity index (χ1) is 7.83. The molecule has 1 unspecified atom stereocenters. The molecule has 0 aromatic heterocycles. The van der Waals surface area contributed by atoms with E-state index in [1.165, 1.54) is 18.2 Å². The van der Waals surface area contributed by atoms with Crippen molar-refractivity contribution in [2.24, 2.45) is 5.73 Å². The molecule has 1 aromatic rings. The van der Waals surface area contributed by atoms with Crippen LogP contribution in [0.2, 0.25) is 0 Å². The SMILES string of the molecule is CCCC(N)c1cc(OC(F)(F)F)ccc1N. The number of anilines is 1. The van der Waals surface area contributed by atoms with Crippen LogP contribution in [-0.2, 0) is 0 Å². The lowest BCUT2D eigenvalue weighted by atomic mass is 10.0. The second-order valence-electron chi connectivity index (χ2n) is 3.73. The summed E-state index contributed by atoms with van der Waals surface area (Å²) in [7, 11) is 0. The van der Waals surface area contributed by atoms with Crippen molar-refractivity contribution in [1.82, 2.24) is 0 Å². The van der Waals surface area contributed by atoms with Crippen molar-refractivity contribution in [3.05, 3.63) is 23.8 Å². The summed E-state index contributed by atoms with van der Waals surface area (Å²) >= 11 is 0. The van der Waals surface area contributed by atoms with E-state index in [-0.39, 0.29) is 11.8 Å². The zero-order valence-electron chi connectivity index (χ0n) is 9.42. The summed E-state index contributed by atoms with van der Waals surface area (Å²) < 4.78 is 39.9. The molecule has 0 bridgehead atoms. The van der Waals surface area contributed by atoms with E-state index in [1.54, 1.807) is 0 Å². The Labute approximate surface area is 97.5 Å². The van der Waals surface area contributed by atoms with Gasteiger partial charge in [0.25, 0.3) is 0 Å². The van der Waals surface area contributed by atoms with Gasteiger partial charge in [0.1, 0.15) is 5.75 Å². The van der Waals surface area contributed by atoms with E-state index in [0.717, 1.165) is 6.42 Å². The van der Waals surface area contributed by atoms with Crippen LogP contribution >= 0.6 is 0 Å². The predicted molar refractivity (Wildman–Crippen MR) is 59.4 cm³/mol. The molecular formula is C11H15F3N2O. The van der Waals surface area contributed by atoms with E-state index in [9.17, 15) is 13.2 Å². The number of rotatable bonds is 4. The highest BCUT2D eigenvalue weighted by molar-refractivity contribution is 5.52. The third-order valence-corrected chi connectivity index (χ3v) is 2.29. The van der Waals surface area contributed by atoms with E-state index in [1.807, 2.05) is 6.92 Å². The van der Waals surface area contributed by atoms with Crippen molar-refractivity contribution in [1.29, 1.82) is 0 Å². The maximum Gasteiger partial charge on any atom is 0.573 e. The number of benzene rings is 1. The third kappa shape index (κ3) is 4.14. The summed E-state index contributed by atoms with van der Waals surface area (Å²) in [5, 5.41) is 0. The highest BCUT2D eigenvalue weighted by atomic mass is 19.4.